The lowest BCUT2D eigenvalue weighted by molar-refractivity contribution is 0.0929. The van der Waals surface area contributed by atoms with Gasteiger partial charge in [0.15, 0.2) is 0 Å². The second-order valence-corrected chi connectivity index (χ2v) is 5.40. The zero-order chi connectivity index (χ0) is 14.8. The molecular formula is C16H17N3O2. The van der Waals surface area contributed by atoms with Crippen LogP contribution in [-0.4, -0.2) is 21.7 Å². The molecule has 1 heterocycles. The molecule has 2 aromatic rings. The third-order valence-electron chi connectivity index (χ3n) is 3.72. The lowest BCUT2D eigenvalue weighted by Crippen LogP contribution is -2.35. The molecule has 0 aliphatic heterocycles. The normalized spacial score (nSPS) is 15.5. The molecule has 108 valence electrons. The lowest BCUT2D eigenvalue weighted by Gasteiger charge is -2.13. The summed E-state index contributed by atoms with van der Waals surface area (Å²) in [6, 6.07) is 12.1. The van der Waals surface area contributed by atoms with Crippen molar-refractivity contribution in [2.45, 2.75) is 25.8 Å². The van der Waals surface area contributed by atoms with Crippen LogP contribution >= 0.6 is 0 Å². The molecule has 1 unspecified atom stereocenters. The first-order chi connectivity index (χ1) is 10.1. The molecule has 3 rings (SSSR count). The molecule has 1 aromatic carbocycles. The summed E-state index contributed by atoms with van der Waals surface area (Å²) in [7, 11) is 0. The van der Waals surface area contributed by atoms with Crippen LogP contribution in [0.15, 0.2) is 47.3 Å². The standard InChI is InChI=1S/C16H17N3O2/c1-11(12-7-8-12)17-16(21)14-9-10-15(20)19(18-14)13-5-3-2-4-6-13/h2-6,9-12H,7-8H2,1H3,(H,17,21). The average molecular weight is 283 g/mol. The number of carbonyl (C=O) groups excluding carboxylic acids is 1. The van der Waals surface area contributed by atoms with Gasteiger partial charge in [0, 0.05) is 12.1 Å². The van der Waals surface area contributed by atoms with Crippen LogP contribution in [0.25, 0.3) is 5.69 Å². The number of hydrogen-bond acceptors (Lipinski definition) is 3. The number of hydrogen-bond donors (Lipinski definition) is 1. The highest BCUT2D eigenvalue weighted by atomic mass is 16.2. The van der Waals surface area contributed by atoms with Gasteiger partial charge in [-0.25, -0.2) is 0 Å². The molecule has 5 heteroatoms. The van der Waals surface area contributed by atoms with E-state index in [2.05, 4.69) is 10.4 Å². The fourth-order valence-corrected chi connectivity index (χ4v) is 2.28. The van der Waals surface area contributed by atoms with Crippen molar-refractivity contribution < 1.29 is 4.79 Å². The van der Waals surface area contributed by atoms with Crippen molar-refractivity contribution in [2.75, 3.05) is 0 Å². The highest BCUT2D eigenvalue weighted by molar-refractivity contribution is 5.92. The van der Waals surface area contributed by atoms with Gasteiger partial charge >= 0.3 is 0 Å². The molecular weight excluding hydrogens is 266 g/mol. The van der Waals surface area contributed by atoms with Gasteiger partial charge in [0.2, 0.25) is 0 Å². The quantitative estimate of drug-likeness (QED) is 0.930. The maximum Gasteiger partial charge on any atom is 0.271 e. The molecule has 21 heavy (non-hydrogen) atoms. The summed E-state index contributed by atoms with van der Waals surface area (Å²) in [5.74, 6) is 0.341. The summed E-state index contributed by atoms with van der Waals surface area (Å²) < 4.78 is 1.25. The van der Waals surface area contributed by atoms with Crippen LogP contribution in [0.2, 0.25) is 0 Å². The second-order valence-electron chi connectivity index (χ2n) is 5.40. The fourth-order valence-electron chi connectivity index (χ4n) is 2.28. The summed E-state index contributed by atoms with van der Waals surface area (Å²) in [6.07, 6.45) is 2.33. The molecule has 1 aromatic heterocycles. The van der Waals surface area contributed by atoms with Gasteiger partial charge in [0.05, 0.1) is 5.69 Å². The summed E-state index contributed by atoms with van der Waals surface area (Å²) in [5.41, 5.74) is 0.645. The van der Waals surface area contributed by atoms with E-state index in [1.165, 1.54) is 29.7 Å². The minimum Gasteiger partial charge on any atom is -0.348 e. The van der Waals surface area contributed by atoms with Gasteiger partial charge in [0.25, 0.3) is 11.5 Å². The van der Waals surface area contributed by atoms with Crippen molar-refractivity contribution in [3.05, 3.63) is 58.5 Å². The van der Waals surface area contributed by atoms with E-state index < -0.39 is 0 Å². The Morgan fingerprint density at radius 2 is 1.95 bits per heavy atom. The van der Waals surface area contributed by atoms with Gasteiger partial charge in [-0.1, -0.05) is 18.2 Å². The fraction of sp³-hybridized carbons (Fsp3) is 0.312. The van der Waals surface area contributed by atoms with Crippen molar-refractivity contribution in [3.63, 3.8) is 0 Å². The van der Waals surface area contributed by atoms with Crippen LogP contribution in [0, 0.1) is 5.92 Å². The predicted octanol–water partition coefficient (Wildman–Crippen LogP) is 1.76. The first kappa shape index (κ1) is 13.5. The van der Waals surface area contributed by atoms with E-state index in [0.717, 1.165) is 0 Å². The van der Waals surface area contributed by atoms with E-state index in [-0.39, 0.29) is 23.2 Å². The largest absolute Gasteiger partial charge is 0.348 e. The van der Waals surface area contributed by atoms with E-state index in [0.29, 0.717) is 11.6 Å². The van der Waals surface area contributed by atoms with E-state index >= 15 is 0 Å². The summed E-state index contributed by atoms with van der Waals surface area (Å²) in [6.45, 7) is 2.00. The molecule has 0 saturated heterocycles. The smallest absolute Gasteiger partial charge is 0.271 e. The van der Waals surface area contributed by atoms with Gasteiger partial charge in [0.1, 0.15) is 5.69 Å². The zero-order valence-electron chi connectivity index (χ0n) is 11.8. The first-order valence-corrected chi connectivity index (χ1v) is 7.12. The zero-order valence-corrected chi connectivity index (χ0v) is 11.8. The molecule has 5 nitrogen and oxygen atoms in total. The Morgan fingerprint density at radius 3 is 2.62 bits per heavy atom. The van der Waals surface area contributed by atoms with Gasteiger partial charge < -0.3 is 5.32 Å². The minimum atomic E-state index is -0.256. The number of nitrogens with one attached hydrogen (secondary N) is 1. The van der Waals surface area contributed by atoms with Gasteiger partial charge in [-0.3, -0.25) is 9.59 Å². The molecule has 1 fully saturated rings. The van der Waals surface area contributed by atoms with E-state index in [4.69, 9.17) is 0 Å². The Morgan fingerprint density at radius 1 is 1.24 bits per heavy atom. The Hall–Kier alpha value is -2.43. The van der Waals surface area contributed by atoms with E-state index in [9.17, 15) is 9.59 Å². The maximum atomic E-state index is 12.2. The average Bonchev–Trinajstić information content (AvgIpc) is 3.33. The molecule has 0 bridgehead atoms. The molecule has 1 aliphatic rings. The van der Waals surface area contributed by atoms with Crippen molar-refractivity contribution >= 4 is 5.91 Å². The van der Waals surface area contributed by atoms with Crippen LogP contribution in [-0.2, 0) is 0 Å². The van der Waals surface area contributed by atoms with Gasteiger partial charge in [-0.15, -0.1) is 0 Å². The number of benzene rings is 1. The second kappa shape index (κ2) is 5.52. The third-order valence-corrected chi connectivity index (χ3v) is 3.72. The number of aromatic nitrogens is 2. The highest BCUT2D eigenvalue weighted by Crippen LogP contribution is 2.32. The topological polar surface area (TPSA) is 64.0 Å². The number of nitrogens with zero attached hydrogens (tertiary/aromatic N) is 2. The van der Waals surface area contributed by atoms with Crippen molar-refractivity contribution in [2.24, 2.45) is 5.92 Å². The van der Waals surface area contributed by atoms with Crippen LogP contribution in [0.3, 0.4) is 0 Å². The molecule has 0 spiro atoms. The molecule has 1 amide bonds. The number of amides is 1. The van der Waals surface area contributed by atoms with Crippen molar-refractivity contribution in [3.8, 4) is 5.69 Å². The SMILES string of the molecule is CC(NC(=O)c1ccc(=O)n(-c2ccccc2)n1)C1CC1. The van der Waals surface area contributed by atoms with Crippen LogP contribution < -0.4 is 10.9 Å². The molecule has 1 N–H and O–H groups in total. The number of rotatable bonds is 4. The number of para-hydroxylation sites is 1. The van der Waals surface area contributed by atoms with Crippen molar-refractivity contribution in [1.29, 1.82) is 0 Å². The molecule has 1 saturated carbocycles. The Bertz CT molecular complexity index is 705. The minimum absolute atomic E-state index is 0.149. The monoisotopic (exact) mass is 283 g/mol. The van der Waals surface area contributed by atoms with E-state index in [1.807, 2.05) is 25.1 Å². The van der Waals surface area contributed by atoms with Crippen LogP contribution in [0.5, 0.6) is 0 Å². The summed E-state index contributed by atoms with van der Waals surface area (Å²) >= 11 is 0. The van der Waals surface area contributed by atoms with Crippen molar-refractivity contribution in [1.82, 2.24) is 15.1 Å². The number of carbonyl (C=O) groups is 1. The Balaban J connectivity index is 1.87. The van der Waals surface area contributed by atoms with Crippen LogP contribution in [0.4, 0.5) is 0 Å². The van der Waals surface area contributed by atoms with Gasteiger partial charge in [-0.2, -0.15) is 9.78 Å². The summed E-state index contributed by atoms with van der Waals surface area (Å²) in [4.78, 5) is 24.1. The third kappa shape index (κ3) is 3.02. The van der Waals surface area contributed by atoms with Gasteiger partial charge in [-0.05, 0) is 43.9 Å². The molecule has 0 radical (unpaired) electrons. The lowest BCUT2D eigenvalue weighted by atomic mass is 10.2. The molecule has 1 atom stereocenters. The van der Waals surface area contributed by atoms with Crippen LogP contribution in [0.1, 0.15) is 30.3 Å². The highest BCUT2D eigenvalue weighted by Gasteiger charge is 2.29. The molecule has 1 aliphatic carbocycles. The summed E-state index contributed by atoms with van der Waals surface area (Å²) in [5, 5.41) is 7.11. The Kier molecular flexibility index (Phi) is 3.56. The predicted molar refractivity (Wildman–Crippen MR) is 79.5 cm³/mol. The van der Waals surface area contributed by atoms with E-state index in [1.54, 1.807) is 12.1 Å². The first-order valence-electron chi connectivity index (χ1n) is 7.12. The Labute approximate surface area is 122 Å². The maximum absolute atomic E-state index is 12.2.